The van der Waals surface area contributed by atoms with Gasteiger partial charge in [-0.15, -0.1) is 0 Å². The molecule has 1 aromatic heterocycles. The van der Waals surface area contributed by atoms with Gasteiger partial charge in [-0.1, -0.05) is 15.9 Å². The minimum absolute atomic E-state index is 0.270. The van der Waals surface area contributed by atoms with Crippen LogP contribution >= 0.6 is 15.9 Å². The molecule has 0 radical (unpaired) electrons. The number of carbonyl (C=O) groups is 2. The maximum absolute atomic E-state index is 12.0. The molecular weight excluding hydrogens is 352 g/mol. The van der Waals surface area contributed by atoms with Gasteiger partial charge in [-0.05, 0) is 32.0 Å². The number of esters is 1. The number of aryl methyl sites for hydroxylation is 1. The molecule has 0 saturated carbocycles. The van der Waals surface area contributed by atoms with E-state index in [4.69, 9.17) is 4.74 Å². The second-order valence-corrected chi connectivity index (χ2v) is 5.62. The van der Waals surface area contributed by atoms with Crippen molar-refractivity contribution in [2.24, 2.45) is 7.05 Å². The molecule has 2 aromatic rings. The van der Waals surface area contributed by atoms with Crippen molar-refractivity contribution in [3.8, 4) is 0 Å². The maximum atomic E-state index is 12.0. The van der Waals surface area contributed by atoms with E-state index in [1.807, 2.05) is 18.2 Å². The van der Waals surface area contributed by atoms with Crippen LogP contribution in [0.5, 0.6) is 0 Å². The van der Waals surface area contributed by atoms with E-state index >= 15 is 0 Å². The van der Waals surface area contributed by atoms with Crippen LogP contribution in [0.25, 0.3) is 10.9 Å². The summed E-state index contributed by atoms with van der Waals surface area (Å²) in [5.74, 6) is -0.0500. The molecule has 0 bridgehead atoms. The zero-order valence-electron chi connectivity index (χ0n) is 12.5. The molecule has 22 heavy (non-hydrogen) atoms. The number of benzene rings is 1. The van der Waals surface area contributed by atoms with E-state index in [9.17, 15) is 9.59 Å². The molecule has 2 amide bonds. The van der Waals surface area contributed by atoms with Gasteiger partial charge in [0.25, 0.3) is 0 Å². The van der Waals surface area contributed by atoms with E-state index < -0.39 is 18.0 Å². The minimum Gasteiger partial charge on any atom is -0.464 e. The standard InChI is InChI=1S/C14H17BrN4O3/c1-4-22-13(20)8(2)16-14(21)17-12-10-6-5-9(15)7-11(10)19(3)18-12/h5-8H,4H2,1-3H3,(H2,16,17,18,21). The van der Waals surface area contributed by atoms with Gasteiger partial charge in [-0.25, -0.2) is 9.59 Å². The van der Waals surface area contributed by atoms with Crippen molar-refractivity contribution in [2.75, 3.05) is 11.9 Å². The van der Waals surface area contributed by atoms with E-state index in [2.05, 4.69) is 31.7 Å². The first-order chi connectivity index (χ1) is 10.4. The number of rotatable bonds is 4. The monoisotopic (exact) mass is 368 g/mol. The third-order valence-corrected chi connectivity index (χ3v) is 3.53. The number of nitrogens with zero attached hydrogens (tertiary/aromatic N) is 2. The minimum atomic E-state index is -0.732. The van der Waals surface area contributed by atoms with Gasteiger partial charge < -0.3 is 10.1 Å². The van der Waals surface area contributed by atoms with Crippen LogP contribution in [0.3, 0.4) is 0 Å². The van der Waals surface area contributed by atoms with Crippen LogP contribution in [0.1, 0.15) is 13.8 Å². The quantitative estimate of drug-likeness (QED) is 0.811. The summed E-state index contributed by atoms with van der Waals surface area (Å²) in [6.07, 6.45) is 0. The summed E-state index contributed by atoms with van der Waals surface area (Å²) in [6.45, 7) is 3.54. The first-order valence-electron chi connectivity index (χ1n) is 6.78. The molecule has 0 spiro atoms. The number of anilines is 1. The number of urea groups is 1. The number of fused-ring (bicyclic) bond motifs is 1. The lowest BCUT2D eigenvalue weighted by Crippen LogP contribution is -2.42. The van der Waals surface area contributed by atoms with Crippen LogP contribution in [-0.4, -0.2) is 34.4 Å². The highest BCUT2D eigenvalue weighted by atomic mass is 79.9. The Hall–Kier alpha value is -2.09. The van der Waals surface area contributed by atoms with E-state index in [0.29, 0.717) is 5.82 Å². The van der Waals surface area contributed by atoms with Crippen LogP contribution in [0.4, 0.5) is 10.6 Å². The van der Waals surface area contributed by atoms with Gasteiger partial charge >= 0.3 is 12.0 Å². The normalized spacial score (nSPS) is 12.0. The highest BCUT2D eigenvalue weighted by Gasteiger charge is 2.18. The van der Waals surface area contributed by atoms with Gasteiger partial charge in [0.1, 0.15) is 6.04 Å². The first kappa shape index (κ1) is 16.3. The van der Waals surface area contributed by atoms with Crippen molar-refractivity contribution >= 4 is 44.7 Å². The number of hydrogen-bond donors (Lipinski definition) is 2. The van der Waals surface area contributed by atoms with Gasteiger partial charge in [0, 0.05) is 16.9 Å². The highest BCUT2D eigenvalue weighted by Crippen LogP contribution is 2.25. The molecule has 8 heteroatoms. The molecule has 0 saturated heterocycles. The summed E-state index contributed by atoms with van der Waals surface area (Å²) in [7, 11) is 1.79. The molecule has 0 aliphatic rings. The highest BCUT2D eigenvalue weighted by molar-refractivity contribution is 9.10. The number of amides is 2. The first-order valence-corrected chi connectivity index (χ1v) is 7.58. The van der Waals surface area contributed by atoms with Crippen LogP contribution < -0.4 is 10.6 Å². The summed E-state index contributed by atoms with van der Waals surface area (Å²) in [5.41, 5.74) is 0.878. The number of nitrogens with one attached hydrogen (secondary N) is 2. The van der Waals surface area contributed by atoms with Crippen molar-refractivity contribution in [1.82, 2.24) is 15.1 Å². The van der Waals surface area contributed by atoms with Gasteiger partial charge in [0.05, 0.1) is 12.1 Å². The molecule has 0 aliphatic carbocycles. The second-order valence-electron chi connectivity index (χ2n) is 4.71. The zero-order chi connectivity index (χ0) is 16.3. The van der Waals surface area contributed by atoms with E-state index in [1.54, 1.807) is 25.6 Å². The largest absolute Gasteiger partial charge is 0.464 e. The average molecular weight is 369 g/mol. The van der Waals surface area contributed by atoms with Crippen LogP contribution in [-0.2, 0) is 16.6 Å². The molecular formula is C14H17BrN4O3. The number of halogens is 1. The number of carbonyl (C=O) groups excluding carboxylic acids is 2. The van der Waals surface area contributed by atoms with Crippen molar-refractivity contribution < 1.29 is 14.3 Å². The van der Waals surface area contributed by atoms with Crippen LogP contribution in [0.2, 0.25) is 0 Å². The Balaban J connectivity index is 2.11. The summed E-state index contributed by atoms with van der Waals surface area (Å²) in [6, 6.07) is 4.39. The fraction of sp³-hybridized carbons (Fsp3) is 0.357. The van der Waals surface area contributed by atoms with Gasteiger partial charge in [-0.3, -0.25) is 10.00 Å². The van der Waals surface area contributed by atoms with Crippen molar-refractivity contribution in [3.63, 3.8) is 0 Å². The average Bonchev–Trinajstić information content (AvgIpc) is 2.75. The fourth-order valence-electron chi connectivity index (χ4n) is 1.99. The number of aromatic nitrogens is 2. The zero-order valence-corrected chi connectivity index (χ0v) is 14.1. The van der Waals surface area contributed by atoms with E-state index in [-0.39, 0.29) is 6.61 Å². The van der Waals surface area contributed by atoms with Crippen LogP contribution in [0, 0.1) is 0 Å². The van der Waals surface area contributed by atoms with Gasteiger partial charge in [0.15, 0.2) is 5.82 Å². The molecule has 1 unspecified atom stereocenters. The third-order valence-electron chi connectivity index (χ3n) is 3.03. The van der Waals surface area contributed by atoms with Crippen molar-refractivity contribution in [2.45, 2.75) is 19.9 Å². The topological polar surface area (TPSA) is 85.2 Å². The predicted octanol–water partition coefficient (Wildman–Crippen LogP) is 2.41. The molecule has 7 nitrogen and oxygen atoms in total. The van der Waals surface area contributed by atoms with Crippen LogP contribution in [0.15, 0.2) is 22.7 Å². The summed E-state index contributed by atoms with van der Waals surface area (Å²) in [4.78, 5) is 23.5. The molecule has 0 fully saturated rings. The summed E-state index contributed by atoms with van der Waals surface area (Å²) >= 11 is 3.40. The smallest absolute Gasteiger partial charge is 0.328 e. The second kappa shape index (κ2) is 6.78. The molecule has 1 aromatic carbocycles. The molecule has 2 N–H and O–H groups in total. The Bertz CT molecular complexity index is 713. The lowest BCUT2D eigenvalue weighted by molar-refractivity contribution is -0.144. The molecule has 2 rings (SSSR count). The third kappa shape index (κ3) is 3.56. The summed E-state index contributed by atoms with van der Waals surface area (Å²) in [5, 5.41) is 10.2. The predicted molar refractivity (Wildman–Crippen MR) is 86.7 cm³/mol. The van der Waals surface area contributed by atoms with Gasteiger partial charge in [-0.2, -0.15) is 5.10 Å². The van der Waals surface area contributed by atoms with E-state index in [0.717, 1.165) is 15.4 Å². The van der Waals surface area contributed by atoms with Gasteiger partial charge in [0.2, 0.25) is 0 Å². The molecule has 118 valence electrons. The number of hydrogen-bond acceptors (Lipinski definition) is 4. The summed E-state index contributed by atoms with van der Waals surface area (Å²) < 4.78 is 7.43. The molecule has 1 atom stereocenters. The maximum Gasteiger partial charge on any atom is 0.328 e. The number of ether oxygens (including phenoxy) is 1. The van der Waals surface area contributed by atoms with Crippen molar-refractivity contribution in [1.29, 1.82) is 0 Å². The molecule has 1 heterocycles. The Kier molecular flexibility index (Phi) is 5.02. The molecule has 0 aliphatic heterocycles. The van der Waals surface area contributed by atoms with E-state index in [1.165, 1.54) is 0 Å². The fourth-order valence-corrected chi connectivity index (χ4v) is 2.34. The van der Waals surface area contributed by atoms with Crippen molar-refractivity contribution in [3.05, 3.63) is 22.7 Å². The Morgan fingerprint density at radius 2 is 2.18 bits per heavy atom. The SMILES string of the molecule is CCOC(=O)C(C)NC(=O)Nc1nn(C)c2cc(Br)ccc12. The Labute approximate surface area is 136 Å². The Morgan fingerprint density at radius 3 is 2.86 bits per heavy atom. The Morgan fingerprint density at radius 1 is 1.45 bits per heavy atom. The lowest BCUT2D eigenvalue weighted by atomic mass is 10.2. The lowest BCUT2D eigenvalue weighted by Gasteiger charge is -2.12.